The average molecular weight is 334 g/mol. The van der Waals surface area contributed by atoms with Crippen molar-refractivity contribution in [2.45, 2.75) is 26.4 Å². The lowest BCUT2D eigenvalue weighted by Crippen LogP contribution is -2.51. The topological polar surface area (TPSA) is 61.6 Å². The molecule has 124 valence electrons. The third-order valence-electron chi connectivity index (χ3n) is 4.03. The molecule has 0 unspecified atom stereocenters. The molecule has 2 aromatic rings. The first-order valence-electron chi connectivity index (χ1n) is 7.85. The molecule has 0 aliphatic carbocycles. The predicted octanol–water partition coefficient (Wildman–Crippen LogP) is 2.63. The van der Waals surface area contributed by atoms with Crippen LogP contribution in [0.25, 0.3) is 0 Å². The third kappa shape index (κ3) is 4.11. The van der Waals surface area contributed by atoms with Gasteiger partial charge in [0.25, 0.3) is 0 Å². The van der Waals surface area contributed by atoms with Crippen molar-refractivity contribution in [2.75, 3.05) is 26.2 Å². The third-order valence-corrected chi connectivity index (χ3v) is 5.08. The Morgan fingerprint density at radius 2 is 2.22 bits per heavy atom. The van der Waals surface area contributed by atoms with Crippen LogP contribution in [0.2, 0.25) is 0 Å². The van der Waals surface area contributed by atoms with E-state index in [2.05, 4.69) is 15.4 Å². The van der Waals surface area contributed by atoms with Crippen LogP contribution in [0.15, 0.2) is 28.1 Å². The lowest BCUT2D eigenvalue weighted by molar-refractivity contribution is 0.126. The zero-order chi connectivity index (χ0) is 16.2. The number of urea groups is 1. The number of nitrogens with zero attached hydrogens (tertiary/aromatic N) is 3. The molecule has 1 aliphatic rings. The summed E-state index contributed by atoms with van der Waals surface area (Å²) in [5.41, 5.74) is 0.903. The van der Waals surface area contributed by atoms with Crippen molar-refractivity contribution in [1.82, 2.24) is 20.3 Å². The second-order valence-corrected chi connectivity index (χ2v) is 6.86. The molecule has 0 aromatic carbocycles. The second-order valence-electron chi connectivity index (χ2n) is 5.88. The van der Waals surface area contributed by atoms with E-state index in [0.717, 1.165) is 44.2 Å². The highest BCUT2D eigenvalue weighted by Crippen LogP contribution is 2.18. The van der Waals surface area contributed by atoms with Gasteiger partial charge in [-0.25, -0.2) is 4.79 Å². The number of thiophene rings is 1. The van der Waals surface area contributed by atoms with E-state index in [1.54, 1.807) is 11.3 Å². The molecular weight excluding hydrogens is 312 g/mol. The van der Waals surface area contributed by atoms with Crippen LogP contribution in [0.3, 0.4) is 0 Å². The molecule has 0 saturated carbocycles. The zero-order valence-electron chi connectivity index (χ0n) is 13.5. The number of piperazine rings is 1. The molecule has 7 heteroatoms. The Morgan fingerprint density at radius 3 is 2.83 bits per heavy atom. The minimum absolute atomic E-state index is 0.0149. The second kappa shape index (κ2) is 7.14. The molecule has 1 aliphatic heterocycles. The number of rotatable bonds is 4. The summed E-state index contributed by atoms with van der Waals surface area (Å²) in [5, 5.41) is 9.01. The van der Waals surface area contributed by atoms with Gasteiger partial charge in [0.15, 0.2) is 5.76 Å². The summed E-state index contributed by atoms with van der Waals surface area (Å²) < 4.78 is 5.25. The van der Waals surface area contributed by atoms with Crippen molar-refractivity contribution in [3.05, 3.63) is 39.9 Å². The number of amides is 2. The fourth-order valence-electron chi connectivity index (χ4n) is 2.71. The van der Waals surface area contributed by atoms with Crippen LogP contribution < -0.4 is 5.32 Å². The van der Waals surface area contributed by atoms with Crippen molar-refractivity contribution in [3.63, 3.8) is 0 Å². The molecule has 23 heavy (non-hydrogen) atoms. The molecule has 2 aromatic heterocycles. The molecule has 1 N–H and O–H groups in total. The van der Waals surface area contributed by atoms with Crippen LogP contribution in [0.5, 0.6) is 0 Å². The highest BCUT2D eigenvalue weighted by molar-refractivity contribution is 7.10. The zero-order valence-corrected chi connectivity index (χ0v) is 14.3. The average Bonchev–Trinajstić information content (AvgIpc) is 3.20. The molecule has 1 saturated heterocycles. The molecular formula is C16H22N4O2S. The van der Waals surface area contributed by atoms with Gasteiger partial charge in [-0.2, -0.15) is 0 Å². The quantitative estimate of drug-likeness (QED) is 0.934. The molecule has 3 heterocycles. The SMILES string of the molecule is Cc1cc(CN2CCN(C(=O)N[C@@H](C)c3cccs3)CC2)on1. The highest BCUT2D eigenvalue weighted by atomic mass is 32.1. The van der Waals surface area contributed by atoms with E-state index < -0.39 is 0 Å². The Bertz CT molecular complexity index is 632. The first-order chi connectivity index (χ1) is 11.1. The van der Waals surface area contributed by atoms with E-state index in [1.165, 1.54) is 4.88 Å². The van der Waals surface area contributed by atoms with Crippen molar-refractivity contribution in [2.24, 2.45) is 0 Å². The number of hydrogen-bond donors (Lipinski definition) is 1. The van der Waals surface area contributed by atoms with Gasteiger partial charge in [-0.05, 0) is 25.3 Å². The maximum Gasteiger partial charge on any atom is 0.317 e. The van der Waals surface area contributed by atoms with Crippen LogP contribution >= 0.6 is 11.3 Å². The van der Waals surface area contributed by atoms with Gasteiger partial charge in [-0.3, -0.25) is 4.90 Å². The molecule has 0 spiro atoms. The molecule has 6 nitrogen and oxygen atoms in total. The van der Waals surface area contributed by atoms with Crippen molar-refractivity contribution in [3.8, 4) is 0 Å². The van der Waals surface area contributed by atoms with Crippen LogP contribution in [0.4, 0.5) is 4.79 Å². The molecule has 3 rings (SSSR count). The number of hydrogen-bond acceptors (Lipinski definition) is 5. The highest BCUT2D eigenvalue weighted by Gasteiger charge is 2.23. The number of carbonyl (C=O) groups excluding carboxylic acids is 1. The summed E-state index contributed by atoms with van der Waals surface area (Å²) >= 11 is 1.67. The number of carbonyl (C=O) groups is 1. The molecule has 1 atom stereocenters. The first-order valence-corrected chi connectivity index (χ1v) is 8.73. The van der Waals surface area contributed by atoms with Gasteiger partial charge in [0, 0.05) is 37.1 Å². The molecule has 0 radical (unpaired) electrons. The number of nitrogens with one attached hydrogen (secondary N) is 1. The van der Waals surface area contributed by atoms with Gasteiger partial charge in [0.2, 0.25) is 0 Å². The summed E-state index contributed by atoms with van der Waals surface area (Å²) in [6.07, 6.45) is 0. The van der Waals surface area contributed by atoms with Gasteiger partial charge in [-0.1, -0.05) is 11.2 Å². The molecule has 2 amide bonds. The number of aryl methyl sites for hydroxylation is 1. The smallest absolute Gasteiger partial charge is 0.317 e. The summed E-state index contributed by atoms with van der Waals surface area (Å²) in [5.74, 6) is 0.881. The van der Waals surface area contributed by atoms with E-state index in [9.17, 15) is 4.79 Å². The van der Waals surface area contributed by atoms with Gasteiger partial charge < -0.3 is 14.7 Å². The Morgan fingerprint density at radius 1 is 1.43 bits per heavy atom. The van der Waals surface area contributed by atoms with E-state index in [4.69, 9.17) is 4.52 Å². The molecule has 1 fully saturated rings. The summed E-state index contributed by atoms with van der Waals surface area (Å²) in [6.45, 7) is 7.85. The van der Waals surface area contributed by atoms with Crippen LogP contribution in [0, 0.1) is 6.92 Å². The minimum Gasteiger partial charge on any atom is -0.360 e. The fraction of sp³-hybridized carbons (Fsp3) is 0.500. The standard InChI is InChI=1S/C16H22N4O2S/c1-12-10-14(22-18-12)11-19-5-7-20(8-6-19)16(21)17-13(2)15-4-3-9-23-15/h3-4,9-10,13H,5-8,11H2,1-2H3,(H,17,21)/t13-/m0/s1. The van der Waals surface area contributed by atoms with Gasteiger partial charge >= 0.3 is 6.03 Å². The Balaban J connectivity index is 1.45. The van der Waals surface area contributed by atoms with Gasteiger partial charge in [0.05, 0.1) is 18.3 Å². The van der Waals surface area contributed by atoms with Crippen molar-refractivity contribution in [1.29, 1.82) is 0 Å². The lowest BCUT2D eigenvalue weighted by atomic mass is 10.2. The lowest BCUT2D eigenvalue weighted by Gasteiger charge is -2.34. The van der Waals surface area contributed by atoms with Crippen molar-refractivity contribution >= 4 is 17.4 Å². The van der Waals surface area contributed by atoms with Gasteiger partial charge in [0.1, 0.15) is 0 Å². The summed E-state index contributed by atoms with van der Waals surface area (Å²) in [6, 6.07) is 6.08. The van der Waals surface area contributed by atoms with Crippen molar-refractivity contribution < 1.29 is 9.32 Å². The normalized spacial score (nSPS) is 17.2. The maximum atomic E-state index is 12.3. The van der Waals surface area contributed by atoms with Gasteiger partial charge in [-0.15, -0.1) is 11.3 Å². The van der Waals surface area contributed by atoms with E-state index in [1.807, 2.05) is 42.3 Å². The Kier molecular flexibility index (Phi) is 4.97. The van der Waals surface area contributed by atoms with Crippen LogP contribution in [0.1, 0.15) is 29.3 Å². The fourth-order valence-corrected chi connectivity index (χ4v) is 3.44. The Labute approximate surface area is 140 Å². The first kappa shape index (κ1) is 16.0. The van der Waals surface area contributed by atoms with Crippen LogP contribution in [-0.2, 0) is 6.54 Å². The largest absolute Gasteiger partial charge is 0.360 e. The minimum atomic E-state index is 0.0149. The summed E-state index contributed by atoms with van der Waals surface area (Å²) in [4.78, 5) is 17.7. The number of aromatic nitrogens is 1. The van der Waals surface area contributed by atoms with E-state index in [-0.39, 0.29) is 12.1 Å². The monoisotopic (exact) mass is 334 g/mol. The molecule has 0 bridgehead atoms. The summed E-state index contributed by atoms with van der Waals surface area (Å²) in [7, 11) is 0. The van der Waals surface area contributed by atoms with E-state index in [0.29, 0.717) is 0 Å². The Hall–Kier alpha value is -1.86. The van der Waals surface area contributed by atoms with Crippen LogP contribution in [-0.4, -0.2) is 47.2 Å². The maximum absolute atomic E-state index is 12.3. The van der Waals surface area contributed by atoms with E-state index >= 15 is 0 Å². The predicted molar refractivity (Wildman–Crippen MR) is 89.4 cm³/mol.